The van der Waals surface area contributed by atoms with Crippen LogP contribution in [0.2, 0.25) is 0 Å². The van der Waals surface area contributed by atoms with Gasteiger partial charge in [0.25, 0.3) is 0 Å². The molecule has 122 valence electrons. The van der Waals surface area contributed by atoms with E-state index in [0.717, 1.165) is 31.2 Å². The molecular weight excluding hydrogens is 244 g/mol. The van der Waals surface area contributed by atoms with Crippen LogP contribution in [0.25, 0.3) is 0 Å². The first-order chi connectivity index (χ1) is 9.24. The average Bonchev–Trinajstić information content (AvgIpc) is 2.32. The molecule has 4 N–H and O–H groups in total. The summed E-state index contributed by atoms with van der Waals surface area (Å²) in [5, 5.41) is 0. The van der Waals surface area contributed by atoms with Crippen LogP contribution >= 0.6 is 0 Å². The lowest BCUT2D eigenvalue weighted by molar-refractivity contribution is 0.140. The molecule has 0 amide bonds. The summed E-state index contributed by atoms with van der Waals surface area (Å²) in [5.74, 6) is 2.63. The van der Waals surface area contributed by atoms with Gasteiger partial charge in [-0.3, -0.25) is 0 Å². The zero-order valence-electron chi connectivity index (χ0n) is 14.9. The van der Waals surface area contributed by atoms with Crippen LogP contribution in [-0.2, 0) is 0 Å². The summed E-state index contributed by atoms with van der Waals surface area (Å²) in [6.45, 7) is 14.7. The fourth-order valence-corrected chi connectivity index (χ4v) is 3.58. The molecule has 2 atom stereocenters. The number of hydrogen-bond acceptors (Lipinski definition) is 2. The van der Waals surface area contributed by atoms with Crippen molar-refractivity contribution in [3.8, 4) is 0 Å². The second-order valence-electron chi connectivity index (χ2n) is 7.77. The monoisotopic (exact) mass is 284 g/mol. The number of unbranched alkanes of at least 4 members (excludes halogenated alkanes) is 2. The Kier molecular flexibility index (Phi) is 9.74. The Morgan fingerprint density at radius 3 is 1.55 bits per heavy atom. The minimum Gasteiger partial charge on any atom is -0.330 e. The molecular formula is C18H40N2. The van der Waals surface area contributed by atoms with Crippen LogP contribution in [0.4, 0.5) is 0 Å². The Bertz CT molecular complexity index is 220. The van der Waals surface area contributed by atoms with Crippen LogP contribution in [0.15, 0.2) is 0 Å². The van der Waals surface area contributed by atoms with Gasteiger partial charge in [-0.2, -0.15) is 0 Å². The Morgan fingerprint density at radius 1 is 0.750 bits per heavy atom. The Hall–Kier alpha value is -0.0800. The predicted molar refractivity (Wildman–Crippen MR) is 91.7 cm³/mol. The van der Waals surface area contributed by atoms with E-state index in [2.05, 4.69) is 41.5 Å². The minimum absolute atomic E-state index is 0.0108. The largest absolute Gasteiger partial charge is 0.330 e. The molecule has 0 saturated heterocycles. The minimum atomic E-state index is -0.0108. The lowest BCUT2D eigenvalue weighted by atomic mass is 9.68. The highest BCUT2D eigenvalue weighted by atomic mass is 14.8. The van der Waals surface area contributed by atoms with Gasteiger partial charge in [0.2, 0.25) is 0 Å². The van der Waals surface area contributed by atoms with Gasteiger partial charge >= 0.3 is 0 Å². The maximum Gasteiger partial charge on any atom is 0.0206 e. The van der Waals surface area contributed by atoms with Gasteiger partial charge in [-0.1, -0.05) is 54.4 Å². The molecule has 0 spiro atoms. The number of nitrogens with two attached hydrogens (primary N) is 2. The van der Waals surface area contributed by atoms with Gasteiger partial charge in [0, 0.05) is 5.54 Å². The summed E-state index contributed by atoms with van der Waals surface area (Å²) in [4.78, 5) is 0. The van der Waals surface area contributed by atoms with E-state index < -0.39 is 0 Å². The number of hydrogen-bond donors (Lipinski definition) is 2. The molecule has 0 aromatic heterocycles. The maximum absolute atomic E-state index is 6.93. The molecule has 20 heavy (non-hydrogen) atoms. The molecule has 0 aromatic rings. The zero-order chi connectivity index (χ0) is 15.8. The summed E-state index contributed by atoms with van der Waals surface area (Å²) >= 11 is 0. The van der Waals surface area contributed by atoms with Crippen LogP contribution in [0.1, 0.15) is 80.1 Å². The first-order valence-corrected chi connectivity index (χ1v) is 8.72. The fraction of sp³-hybridized carbons (Fsp3) is 1.00. The molecule has 0 aliphatic heterocycles. The van der Waals surface area contributed by atoms with Crippen molar-refractivity contribution in [2.24, 2.45) is 35.1 Å². The summed E-state index contributed by atoms with van der Waals surface area (Å²) in [6, 6.07) is 0. The Morgan fingerprint density at radius 2 is 1.20 bits per heavy atom. The molecule has 0 aliphatic carbocycles. The molecule has 0 bridgehead atoms. The van der Waals surface area contributed by atoms with Crippen molar-refractivity contribution in [3.63, 3.8) is 0 Å². The van der Waals surface area contributed by atoms with Gasteiger partial charge in [-0.05, 0) is 55.9 Å². The van der Waals surface area contributed by atoms with E-state index in [-0.39, 0.29) is 5.54 Å². The molecule has 0 fully saturated rings. The quantitative estimate of drug-likeness (QED) is 0.546. The smallest absolute Gasteiger partial charge is 0.0206 e. The summed E-state index contributed by atoms with van der Waals surface area (Å²) < 4.78 is 0. The molecule has 2 nitrogen and oxygen atoms in total. The summed E-state index contributed by atoms with van der Waals surface area (Å²) in [5.41, 5.74) is 12.5. The normalized spacial score (nSPS) is 18.3. The van der Waals surface area contributed by atoms with Crippen molar-refractivity contribution < 1.29 is 0 Å². The predicted octanol–water partition coefficient (Wildman–Crippen LogP) is 4.57. The Labute approximate surface area is 128 Å². The molecule has 2 unspecified atom stereocenters. The highest BCUT2D eigenvalue weighted by Crippen LogP contribution is 2.36. The highest BCUT2D eigenvalue weighted by molar-refractivity contribution is 4.94. The van der Waals surface area contributed by atoms with Crippen molar-refractivity contribution in [2.45, 2.75) is 85.6 Å². The van der Waals surface area contributed by atoms with Gasteiger partial charge in [-0.15, -0.1) is 0 Å². The van der Waals surface area contributed by atoms with Crippen LogP contribution in [-0.4, -0.2) is 12.1 Å². The second kappa shape index (κ2) is 9.78. The summed E-state index contributed by atoms with van der Waals surface area (Å²) in [6.07, 6.45) is 7.18. The van der Waals surface area contributed by atoms with Crippen LogP contribution in [0.5, 0.6) is 0 Å². The molecule has 0 rings (SSSR count). The lowest BCUT2D eigenvalue weighted by Gasteiger charge is -2.42. The lowest BCUT2D eigenvalue weighted by Crippen LogP contribution is -2.52. The molecule has 2 heteroatoms. The van der Waals surface area contributed by atoms with Gasteiger partial charge in [0.15, 0.2) is 0 Å². The van der Waals surface area contributed by atoms with Crippen molar-refractivity contribution in [3.05, 3.63) is 0 Å². The van der Waals surface area contributed by atoms with E-state index in [1.807, 2.05) is 0 Å². The summed E-state index contributed by atoms with van der Waals surface area (Å²) in [7, 11) is 0. The second-order valence-corrected chi connectivity index (χ2v) is 7.77. The van der Waals surface area contributed by atoms with E-state index in [1.165, 1.54) is 25.7 Å². The standard InChI is InChI=1S/C18H40N2/c1-14(2)12-16(5)18(20,10-8-7-9-11-19)17(6)13-15(3)4/h14-17H,7-13,19-20H2,1-6H3. The van der Waals surface area contributed by atoms with Crippen LogP contribution < -0.4 is 11.5 Å². The third-order valence-corrected chi connectivity index (χ3v) is 4.80. The van der Waals surface area contributed by atoms with Crippen LogP contribution in [0, 0.1) is 23.7 Å². The van der Waals surface area contributed by atoms with E-state index >= 15 is 0 Å². The maximum atomic E-state index is 6.93. The first kappa shape index (κ1) is 19.9. The van der Waals surface area contributed by atoms with Crippen molar-refractivity contribution in [2.75, 3.05) is 6.54 Å². The molecule has 0 radical (unpaired) electrons. The first-order valence-electron chi connectivity index (χ1n) is 8.72. The zero-order valence-corrected chi connectivity index (χ0v) is 14.9. The molecule has 0 heterocycles. The fourth-order valence-electron chi connectivity index (χ4n) is 3.58. The highest BCUT2D eigenvalue weighted by Gasteiger charge is 2.37. The van der Waals surface area contributed by atoms with E-state index in [0.29, 0.717) is 11.8 Å². The topological polar surface area (TPSA) is 52.0 Å². The van der Waals surface area contributed by atoms with Crippen molar-refractivity contribution in [1.82, 2.24) is 0 Å². The van der Waals surface area contributed by atoms with Gasteiger partial charge in [0.1, 0.15) is 0 Å². The average molecular weight is 285 g/mol. The van der Waals surface area contributed by atoms with E-state index in [1.54, 1.807) is 0 Å². The van der Waals surface area contributed by atoms with E-state index in [9.17, 15) is 0 Å². The third-order valence-electron chi connectivity index (χ3n) is 4.80. The van der Waals surface area contributed by atoms with Crippen molar-refractivity contribution >= 4 is 0 Å². The SMILES string of the molecule is CC(C)CC(C)C(N)(CCCCCN)C(C)CC(C)C. The Balaban J connectivity index is 4.72. The van der Waals surface area contributed by atoms with Gasteiger partial charge in [0.05, 0.1) is 0 Å². The van der Waals surface area contributed by atoms with Gasteiger partial charge in [-0.25, -0.2) is 0 Å². The van der Waals surface area contributed by atoms with Crippen LogP contribution in [0.3, 0.4) is 0 Å². The third kappa shape index (κ3) is 7.08. The molecule has 0 aliphatic rings. The number of rotatable bonds is 11. The van der Waals surface area contributed by atoms with E-state index in [4.69, 9.17) is 11.5 Å². The van der Waals surface area contributed by atoms with Gasteiger partial charge < -0.3 is 11.5 Å². The molecule has 0 aromatic carbocycles. The molecule has 0 saturated carbocycles. The van der Waals surface area contributed by atoms with Crippen molar-refractivity contribution in [1.29, 1.82) is 0 Å².